The molecule has 0 aliphatic carbocycles. The molecule has 96 valence electrons. The third-order valence-corrected chi connectivity index (χ3v) is 3.91. The highest BCUT2D eigenvalue weighted by Gasteiger charge is 2.15. The number of hydrogen-bond donors (Lipinski definition) is 1. The molecule has 1 heterocycles. The van der Waals surface area contributed by atoms with Crippen LogP contribution < -0.4 is 5.73 Å². The lowest BCUT2D eigenvalue weighted by Crippen LogP contribution is -2.17. The van der Waals surface area contributed by atoms with Gasteiger partial charge in [0.1, 0.15) is 0 Å². The van der Waals surface area contributed by atoms with Crippen LogP contribution in [0, 0.1) is 6.92 Å². The summed E-state index contributed by atoms with van der Waals surface area (Å²) in [6, 6.07) is 10.4. The molecule has 2 aromatic rings. The molecule has 0 fully saturated rings. The van der Waals surface area contributed by atoms with Gasteiger partial charge in [0.2, 0.25) is 0 Å². The monoisotopic (exact) mass is 307 g/mol. The summed E-state index contributed by atoms with van der Waals surface area (Å²) in [5, 5.41) is 4.38. The Hall–Kier alpha value is -1.13. The summed E-state index contributed by atoms with van der Waals surface area (Å²) < 4.78 is 3.06. The van der Waals surface area contributed by atoms with Gasteiger partial charge < -0.3 is 5.73 Å². The normalized spacial score (nSPS) is 12.7. The van der Waals surface area contributed by atoms with E-state index < -0.39 is 0 Å². The molecule has 0 bridgehead atoms. The maximum atomic E-state index is 5.93. The summed E-state index contributed by atoms with van der Waals surface area (Å²) in [6.45, 7) is 2.65. The number of halogens is 1. The molecule has 2 N–H and O–H groups in total. The Labute approximate surface area is 116 Å². The molecule has 0 amide bonds. The first-order valence-electron chi connectivity index (χ1n) is 6.06. The fourth-order valence-electron chi connectivity index (χ4n) is 2.23. The van der Waals surface area contributed by atoms with Crippen LogP contribution in [0.2, 0.25) is 0 Å². The van der Waals surface area contributed by atoms with E-state index >= 15 is 0 Å². The molecule has 0 radical (unpaired) electrons. The molecule has 1 aromatic heterocycles. The van der Waals surface area contributed by atoms with Crippen molar-refractivity contribution in [3.05, 3.63) is 51.8 Å². The summed E-state index contributed by atoms with van der Waals surface area (Å²) in [4.78, 5) is 0. The molecule has 18 heavy (non-hydrogen) atoms. The highest BCUT2D eigenvalue weighted by atomic mass is 79.9. The zero-order valence-corrected chi connectivity index (χ0v) is 12.3. The van der Waals surface area contributed by atoms with Crippen LogP contribution in [0.5, 0.6) is 0 Å². The maximum Gasteiger partial charge on any atom is 0.0596 e. The molecular weight excluding hydrogens is 290 g/mol. The number of nitrogens with two attached hydrogens (primary N) is 1. The van der Waals surface area contributed by atoms with Crippen molar-refractivity contribution in [1.82, 2.24) is 9.78 Å². The van der Waals surface area contributed by atoms with Gasteiger partial charge in [0.15, 0.2) is 0 Å². The summed E-state index contributed by atoms with van der Waals surface area (Å²) in [6.07, 6.45) is 0.913. The Balaban J connectivity index is 2.25. The minimum Gasteiger partial charge on any atom is -0.330 e. The van der Waals surface area contributed by atoms with E-state index in [4.69, 9.17) is 5.73 Å². The van der Waals surface area contributed by atoms with Crippen LogP contribution in [0.25, 0.3) is 0 Å². The molecule has 1 aromatic carbocycles. The van der Waals surface area contributed by atoms with Gasteiger partial charge in [0.25, 0.3) is 0 Å². The lowest BCUT2D eigenvalue weighted by molar-refractivity contribution is 0.627. The SMILES string of the molecule is Cc1cc(CC(CN)c2ccccc2Br)n(C)n1. The number of aromatic nitrogens is 2. The van der Waals surface area contributed by atoms with E-state index in [-0.39, 0.29) is 0 Å². The van der Waals surface area contributed by atoms with Crippen LogP contribution in [0.4, 0.5) is 0 Å². The molecule has 2 rings (SSSR count). The molecule has 0 aliphatic rings. The summed E-state index contributed by atoms with van der Waals surface area (Å²) in [5.41, 5.74) is 9.46. The molecule has 1 unspecified atom stereocenters. The van der Waals surface area contributed by atoms with Crippen LogP contribution in [0.3, 0.4) is 0 Å². The largest absolute Gasteiger partial charge is 0.330 e. The number of rotatable bonds is 4. The van der Waals surface area contributed by atoms with Crippen molar-refractivity contribution in [1.29, 1.82) is 0 Å². The Kier molecular flexibility index (Phi) is 4.19. The highest BCUT2D eigenvalue weighted by molar-refractivity contribution is 9.10. The van der Waals surface area contributed by atoms with Gasteiger partial charge in [-0.3, -0.25) is 4.68 Å². The van der Waals surface area contributed by atoms with Crippen LogP contribution in [0.15, 0.2) is 34.8 Å². The topological polar surface area (TPSA) is 43.8 Å². The maximum absolute atomic E-state index is 5.93. The van der Waals surface area contributed by atoms with Gasteiger partial charge in [-0.2, -0.15) is 5.10 Å². The van der Waals surface area contributed by atoms with Crippen molar-refractivity contribution < 1.29 is 0 Å². The fraction of sp³-hybridized carbons (Fsp3) is 0.357. The van der Waals surface area contributed by atoms with E-state index in [0.717, 1.165) is 16.6 Å². The second-order valence-electron chi connectivity index (χ2n) is 4.56. The predicted molar refractivity (Wildman–Crippen MR) is 77.6 cm³/mol. The van der Waals surface area contributed by atoms with E-state index in [1.807, 2.05) is 24.7 Å². The number of hydrogen-bond acceptors (Lipinski definition) is 2. The minimum absolute atomic E-state index is 0.315. The Morgan fingerprint density at radius 3 is 2.67 bits per heavy atom. The third kappa shape index (κ3) is 2.82. The molecule has 0 saturated heterocycles. The zero-order valence-electron chi connectivity index (χ0n) is 10.7. The molecule has 1 atom stereocenters. The van der Waals surface area contributed by atoms with Crippen molar-refractivity contribution in [2.75, 3.05) is 6.54 Å². The third-order valence-electron chi connectivity index (χ3n) is 3.18. The Morgan fingerprint density at radius 2 is 2.11 bits per heavy atom. The molecule has 3 nitrogen and oxygen atoms in total. The Morgan fingerprint density at radius 1 is 1.39 bits per heavy atom. The van der Waals surface area contributed by atoms with Gasteiger partial charge in [-0.1, -0.05) is 34.1 Å². The fourth-order valence-corrected chi connectivity index (χ4v) is 2.84. The van der Waals surface area contributed by atoms with Crippen molar-refractivity contribution in [3.8, 4) is 0 Å². The quantitative estimate of drug-likeness (QED) is 0.944. The molecule has 4 heteroatoms. The van der Waals surface area contributed by atoms with E-state index in [9.17, 15) is 0 Å². The van der Waals surface area contributed by atoms with E-state index in [0.29, 0.717) is 12.5 Å². The summed E-state index contributed by atoms with van der Waals surface area (Å²) in [7, 11) is 1.98. The second kappa shape index (κ2) is 5.67. The van der Waals surface area contributed by atoms with Gasteiger partial charge in [-0.05, 0) is 37.6 Å². The lowest BCUT2D eigenvalue weighted by atomic mass is 9.94. The smallest absolute Gasteiger partial charge is 0.0596 e. The highest BCUT2D eigenvalue weighted by Crippen LogP contribution is 2.27. The molecule has 0 saturated carbocycles. The average Bonchev–Trinajstić information content (AvgIpc) is 2.66. The molecule has 0 aliphatic heterocycles. The van der Waals surface area contributed by atoms with Gasteiger partial charge >= 0.3 is 0 Å². The van der Waals surface area contributed by atoms with E-state index in [2.05, 4.69) is 45.3 Å². The minimum atomic E-state index is 0.315. The number of benzene rings is 1. The van der Waals surface area contributed by atoms with Crippen LogP contribution in [-0.4, -0.2) is 16.3 Å². The summed E-state index contributed by atoms with van der Waals surface area (Å²) >= 11 is 3.60. The second-order valence-corrected chi connectivity index (χ2v) is 5.41. The number of aryl methyl sites for hydroxylation is 2. The van der Waals surface area contributed by atoms with Gasteiger partial charge in [-0.15, -0.1) is 0 Å². The predicted octanol–water partition coefficient (Wildman–Crippen LogP) is 2.78. The average molecular weight is 308 g/mol. The van der Waals surface area contributed by atoms with Crippen molar-refractivity contribution in [3.63, 3.8) is 0 Å². The standard InChI is InChI=1S/C14H18BrN3/c1-10-7-12(18(2)17-10)8-11(9-16)13-5-3-4-6-14(13)15/h3-7,11H,8-9,16H2,1-2H3. The first kappa shape index (κ1) is 13.3. The first-order chi connectivity index (χ1) is 8.61. The van der Waals surface area contributed by atoms with Crippen LogP contribution >= 0.6 is 15.9 Å². The van der Waals surface area contributed by atoms with Crippen molar-refractivity contribution >= 4 is 15.9 Å². The van der Waals surface area contributed by atoms with Crippen molar-refractivity contribution in [2.24, 2.45) is 12.8 Å². The Bertz CT molecular complexity index is 534. The van der Waals surface area contributed by atoms with Gasteiger partial charge in [-0.25, -0.2) is 0 Å². The van der Waals surface area contributed by atoms with E-state index in [1.165, 1.54) is 11.3 Å². The van der Waals surface area contributed by atoms with Crippen molar-refractivity contribution in [2.45, 2.75) is 19.3 Å². The lowest BCUT2D eigenvalue weighted by Gasteiger charge is -2.16. The van der Waals surface area contributed by atoms with E-state index in [1.54, 1.807) is 0 Å². The van der Waals surface area contributed by atoms with Gasteiger partial charge in [0.05, 0.1) is 5.69 Å². The summed E-state index contributed by atoms with van der Waals surface area (Å²) in [5.74, 6) is 0.315. The zero-order chi connectivity index (χ0) is 13.1. The first-order valence-corrected chi connectivity index (χ1v) is 6.85. The van der Waals surface area contributed by atoms with Crippen LogP contribution in [0.1, 0.15) is 22.9 Å². The molecule has 0 spiro atoms. The van der Waals surface area contributed by atoms with Gasteiger partial charge in [0, 0.05) is 23.1 Å². The number of nitrogens with zero attached hydrogens (tertiary/aromatic N) is 2. The van der Waals surface area contributed by atoms with Crippen LogP contribution in [-0.2, 0) is 13.5 Å². The molecular formula is C14H18BrN3.